The molecule has 0 fully saturated rings. The number of oxazole rings is 1. The van der Waals surface area contributed by atoms with Gasteiger partial charge >= 0.3 is 11.9 Å². The number of nitrogens with zero attached hydrogens (tertiary/aromatic N) is 1. The van der Waals surface area contributed by atoms with E-state index < -0.39 is 16.0 Å². The molecule has 2 aromatic carbocycles. The van der Waals surface area contributed by atoms with E-state index in [2.05, 4.69) is 9.72 Å². The minimum Gasteiger partial charge on any atom is -0.462 e. The van der Waals surface area contributed by atoms with Crippen LogP contribution in [0.1, 0.15) is 10.7 Å². The van der Waals surface area contributed by atoms with Gasteiger partial charge in [0.05, 0.1) is 12.0 Å². The maximum absolute atomic E-state index is 11.9. The molecule has 7 nitrogen and oxygen atoms in total. The third kappa shape index (κ3) is 3.30. The fraction of sp³-hybridized carbons (Fsp3) is 0.0588. The second-order valence-electron chi connectivity index (χ2n) is 5.10. The minimum atomic E-state index is -3.99. The second kappa shape index (κ2) is 6.50. The fourth-order valence-corrected chi connectivity index (χ4v) is 3.11. The quantitative estimate of drug-likeness (QED) is 0.717. The number of hydrogen-bond acceptors (Lipinski definition) is 6. The van der Waals surface area contributed by atoms with E-state index in [1.54, 1.807) is 42.5 Å². The second-order valence-corrected chi connectivity index (χ2v) is 6.63. The lowest BCUT2D eigenvalue weighted by Gasteiger charge is -2.06. The molecule has 0 spiro atoms. The third-order valence-corrected chi connectivity index (χ3v) is 4.44. The van der Waals surface area contributed by atoms with Gasteiger partial charge in [0.25, 0.3) is 0 Å². The first-order valence-electron chi connectivity index (χ1n) is 7.18. The lowest BCUT2D eigenvalue weighted by Crippen LogP contribution is -2.13. The number of methoxy groups -OCH3 is 1. The summed E-state index contributed by atoms with van der Waals surface area (Å²) in [5.74, 6) is -0.797. The van der Waals surface area contributed by atoms with Gasteiger partial charge in [0, 0.05) is 11.1 Å². The Labute approximate surface area is 144 Å². The Morgan fingerprint density at radius 3 is 2.36 bits per heavy atom. The van der Waals surface area contributed by atoms with Crippen LogP contribution in [-0.4, -0.2) is 26.5 Å². The maximum atomic E-state index is 11.9. The van der Waals surface area contributed by atoms with Crippen LogP contribution in [0.15, 0.2) is 63.9 Å². The van der Waals surface area contributed by atoms with E-state index in [1.165, 1.54) is 13.2 Å². The molecule has 0 unspecified atom stereocenters. The van der Waals surface area contributed by atoms with Gasteiger partial charge in [-0.25, -0.2) is 23.3 Å². The summed E-state index contributed by atoms with van der Waals surface area (Å²) in [5, 5.41) is 5.30. The van der Waals surface area contributed by atoms with E-state index >= 15 is 0 Å². The monoisotopic (exact) mass is 358 g/mol. The number of ether oxygens (including phenoxy) is 1. The zero-order chi connectivity index (χ0) is 18.0. The summed E-state index contributed by atoms with van der Waals surface area (Å²) in [5.41, 5.74) is 1.06. The van der Waals surface area contributed by atoms with Crippen LogP contribution in [0, 0.1) is 0 Å². The average Bonchev–Trinajstić information content (AvgIpc) is 3.06. The van der Waals surface area contributed by atoms with Gasteiger partial charge in [-0.2, -0.15) is 0 Å². The van der Waals surface area contributed by atoms with Crippen molar-refractivity contribution in [3.63, 3.8) is 0 Å². The highest BCUT2D eigenvalue weighted by Crippen LogP contribution is 2.35. The van der Waals surface area contributed by atoms with Crippen LogP contribution in [0.5, 0.6) is 0 Å². The van der Waals surface area contributed by atoms with Gasteiger partial charge < -0.3 is 9.15 Å². The number of aromatic nitrogens is 1. The summed E-state index contributed by atoms with van der Waals surface area (Å²) in [6.07, 6.45) is 0. The normalized spacial score (nSPS) is 11.3. The summed E-state index contributed by atoms with van der Waals surface area (Å²) in [6, 6.07) is 15.0. The maximum Gasteiger partial charge on any atom is 0.394 e. The number of rotatable bonds is 4. The topological polar surface area (TPSA) is 112 Å². The number of carbonyl (C=O) groups excluding carboxylic acids is 1. The molecule has 3 aromatic rings. The predicted octanol–water partition coefficient (Wildman–Crippen LogP) is 2.44. The Bertz CT molecular complexity index is 1030. The molecule has 0 aliphatic rings. The van der Waals surface area contributed by atoms with Crippen LogP contribution in [0.3, 0.4) is 0 Å². The molecule has 0 bridgehead atoms. The molecule has 0 aliphatic heterocycles. The van der Waals surface area contributed by atoms with Crippen LogP contribution in [0.25, 0.3) is 22.6 Å². The minimum absolute atomic E-state index is 0.114. The first kappa shape index (κ1) is 16.9. The van der Waals surface area contributed by atoms with Crippen molar-refractivity contribution >= 4 is 16.0 Å². The van der Waals surface area contributed by atoms with E-state index in [9.17, 15) is 13.2 Å². The number of esters is 1. The highest BCUT2D eigenvalue weighted by molar-refractivity contribution is 7.89. The first-order valence-corrected chi connectivity index (χ1v) is 8.73. The lowest BCUT2D eigenvalue weighted by molar-refractivity contribution is 0.0557. The van der Waals surface area contributed by atoms with E-state index in [1.807, 2.05) is 6.07 Å². The van der Waals surface area contributed by atoms with E-state index in [-0.39, 0.29) is 27.8 Å². The molecular formula is C17H14N2O5S. The smallest absolute Gasteiger partial charge is 0.394 e. The first-order chi connectivity index (χ1) is 11.9. The molecule has 3 rings (SSSR count). The van der Waals surface area contributed by atoms with E-state index in [0.29, 0.717) is 5.56 Å². The van der Waals surface area contributed by atoms with E-state index in [4.69, 9.17) is 9.56 Å². The highest BCUT2D eigenvalue weighted by Gasteiger charge is 2.25. The summed E-state index contributed by atoms with van der Waals surface area (Å²) in [4.78, 5) is 15.8. The summed E-state index contributed by atoms with van der Waals surface area (Å²) >= 11 is 0. The molecule has 0 saturated heterocycles. The Balaban J connectivity index is 2.30. The van der Waals surface area contributed by atoms with Gasteiger partial charge in [-0.1, -0.05) is 48.5 Å². The van der Waals surface area contributed by atoms with Crippen LogP contribution in [0.2, 0.25) is 0 Å². The molecule has 8 heteroatoms. The van der Waals surface area contributed by atoms with Gasteiger partial charge in [-0.15, -0.1) is 0 Å². The molecule has 0 atom stereocenters. The molecular weight excluding hydrogens is 344 g/mol. The van der Waals surface area contributed by atoms with Gasteiger partial charge in [0.1, 0.15) is 5.69 Å². The molecule has 25 heavy (non-hydrogen) atoms. The molecule has 0 amide bonds. The van der Waals surface area contributed by atoms with E-state index in [0.717, 1.165) is 0 Å². The van der Waals surface area contributed by atoms with Crippen LogP contribution in [-0.2, 0) is 14.8 Å². The van der Waals surface area contributed by atoms with Gasteiger partial charge in [0.15, 0.2) is 5.76 Å². The van der Waals surface area contributed by atoms with Gasteiger partial charge in [-0.05, 0) is 6.07 Å². The summed E-state index contributed by atoms with van der Waals surface area (Å²) < 4.78 is 34.0. The van der Waals surface area contributed by atoms with Gasteiger partial charge in [0.2, 0.25) is 10.0 Å². The lowest BCUT2D eigenvalue weighted by atomic mass is 10.1. The molecule has 2 N–H and O–H groups in total. The Hall–Kier alpha value is -2.97. The van der Waals surface area contributed by atoms with Crippen LogP contribution < -0.4 is 5.14 Å². The van der Waals surface area contributed by atoms with Crippen molar-refractivity contribution in [1.82, 2.24) is 4.98 Å². The average molecular weight is 358 g/mol. The predicted molar refractivity (Wildman–Crippen MR) is 90.1 cm³/mol. The zero-order valence-electron chi connectivity index (χ0n) is 13.2. The number of primary sulfonamides is 1. The van der Waals surface area contributed by atoms with Crippen molar-refractivity contribution in [2.75, 3.05) is 7.11 Å². The highest BCUT2D eigenvalue weighted by atomic mass is 32.2. The van der Waals surface area contributed by atoms with Crippen LogP contribution in [0.4, 0.5) is 0 Å². The molecule has 1 heterocycles. The van der Waals surface area contributed by atoms with Gasteiger partial charge in [-0.3, -0.25) is 0 Å². The van der Waals surface area contributed by atoms with Crippen molar-refractivity contribution in [2.24, 2.45) is 5.14 Å². The Morgan fingerprint density at radius 1 is 1.08 bits per heavy atom. The SMILES string of the molecule is COC(=O)c1nc(-c2ccccc2S(N)(=O)=O)c(-c2ccccc2)o1. The largest absolute Gasteiger partial charge is 0.462 e. The molecule has 0 radical (unpaired) electrons. The van der Waals surface area contributed by atoms with Crippen molar-refractivity contribution in [3.8, 4) is 22.6 Å². The number of benzene rings is 2. The fourth-order valence-electron chi connectivity index (χ4n) is 2.37. The van der Waals surface area contributed by atoms with Crippen molar-refractivity contribution in [1.29, 1.82) is 0 Å². The van der Waals surface area contributed by atoms with Crippen molar-refractivity contribution in [3.05, 3.63) is 60.5 Å². The summed E-state index contributed by atoms with van der Waals surface area (Å²) in [7, 11) is -2.79. The molecule has 128 valence electrons. The zero-order valence-corrected chi connectivity index (χ0v) is 14.0. The summed E-state index contributed by atoms with van der Waals surface area (Å²) in [6.45, 7) is 0. The third-order valence-electron chi connectivity index (χ3n) is 3.47. The Morgan fingerprint density at radius 2 is 1.72 bits per heavy atom. The van der Waals surface area contributed by atoms with Crippen molar-refractivity contribution < 1.29 is 22.4 Å². The molecule has 0 saturated carbocycles. The number of sulfonamides is 1. The standard InChI is InChI=1S/C17H14N2O5S/c1-23-17(20)16-19-14(15(24-16)11-7-3-2-4-8-11)12-9-5-6-10-13(12)25(18,21)22/h2-10H,1H3,(H2,18,21,22). The van der Waals surface area contributed by atoms with Crippen molar-refractivity contribution in [2.45, 2.75) is 4.90 Å². The Kier molecular flexibility index (Phi) is 4.39. The molecule has 0 aliphatic carbocycles. The number of carbonyl (C=O) groups is 1. The molecule has 1 aromatic heterocycles. The number of nitrogens with two attached hydrogens (primary N) is 1. The van der Waals surface area contributed by atoms with Crippen LogP contribution >= 0.6 is 0 Å². The number of hydrogen-bond donors (Lipinski definition) is 1.